The van der Waals surface area contributed by atoms with Crippen molar-refractivity contribution in [3.8, 4) is 0 Å². The van der Waals surface area contributed by atoms with Crippen molar-refractivity contribution in [2.24, 2.45) is 4.99 Å². The molecule has 0 aliphatic heterocycles. The van der Waals surface area contributed by atoms with Crippen molar-refractivity contribution in [1.82, 2.24) is 15.6 Å². The molecule has 1 aromatic carbocycles. The summed E-state index contributed by atoms with van der Waals surface area (Å²) in [5.74, 6) is 1.76. The predicted octanol–water partition coefficient (Wildman–Crippen LogP) is 3.79. The van der Waals surface area contributed by atoms with Crippen LogP contribution in [0.4, 0.5) is 5.82 Å². The molecular formula is C21H34IN5O. The number of nitrogens with zero attached hydrogens (tertiary/aromatic N) is 3. The van der Waals surface area contributed by atoms with Crippen LogP contribution in [0, 0.1) is 0 Å². The largest absolute Gasteiger partial charge is 0.381 e. The molecule has 2 N–H and O–H groups in total. The summed E-state index contributed by atoms with van der Waals surface area (Å²) in [5.41, 5.74) is 2.21. The summed E-state index contributed by atoms with van der Waals surface area (Å²) < 4.78 is 5.59. The summed E-state index contributed by atoms with van der Waals surface area (Å²) in [6.45, 7) is 5.34. The van der Waals surface area contributed by atoms with Gasteiger partial charge in [0.05, 0.1) is 5.52 Å². The van der Waals surface area contributed by atoms with Crippen molar-refractivity contribution in [2.75, 3.05) is 45.8 Å². The van der Waals surface area contributed by atoms with Crippen LogP contribution in [0.2, 0.25) is 0 Å². The molecule has 0 unspecified atom stereocenters. The summed E-state index contributed by atoms with van der Waals surface area (Å²) >= 11 is 0. The quantitative estimate of drug-likeness (QED) is 0.226. The first-order valence-electron chi connectivity index (χ1n) is 9.74. The Bertz CT molecular complexity index is 736. The Morgan fingerprint density at radius 3 is 2.61 bits per heavy atom. The highest BCUT2D eigenvalue weighted by Crippen LogP contribution is 2.21. The van der Waals surface area contributed by atoms with E-state index in [-0.39, 0.29) is 24.0 Å². The molecule has 0 bridgehead atoms. The first-order valence-corrected chi connectivity index (χ1v) is 9.74. The number of ether oxygens (including phenoxy) is 1. The van der Waals surface area contributed by atoms with Gasteiger partial charge in [0.15, 0.2) is 5.96 Å². The van der Waals surface area contributed by atoms with Crippen LogP contribution in [0.25, 0.3) is 10.9 Å². The van der Waals surface area contributed by atoms with Crippen LogP contribution in [0.5, 0.6) is 0 Å². The van der Waals surface area contributed by atoms with Crippen molar-refractivity contribution < 1.29 is 4.74 Å². The number of nitrogens with one attached hydrogen (secondary N) is 2. The third-order valence-corrected chi connectivity index (χ3v) is 4.32. The Morgan fingerprint density at radius 1 is 1.14 bits per heavy atom. The number of hydrogen-bond donors (Lipinski definition) is 2. The van der Waals surface area contributed by atoms with Gasteiger partial charge in [-0.3, -0.25) is 4.99 Å². The van der Waals surface area contributed by atoms with E-state index in [1.807, 2.05) is 25.1 Å². The van der Waals surface area contributed by atoms with Gasteiger partial charge in [0.1, 0.15) is 5.82 Å². The fraction of sp³-hybridized carbons (Fsp3) is 0.524. The fourth-order valence-electron chi connectivity index (χ4n) is 2.74. The van der Waals surface area contributed by atoms with Crippen molar-refractivity contribution >= 4 is 46.7 Å². The number of aliphatic imine (C=N–C) groups is 1. The highest BCUT2D eigenvalue weighted by molar-refractivity contribution is 14.0. The lowest BCUT2D eigenvalue weighted by atomic mass is 10.1. The van der Waals surface area contributed by atoms with Gasteiger partial charge in [0.25, 0.3) is 0 Å². The third-order valence-electron chi connectivity index (χ3n) is 4.32. The average Bonchev–Trinajstić information content (AvgIpc) is 2.69. The summed E-state index contributed by atoms with van der Waals surface area (Å²) in [4.78, 5) is 11.1. The van der Waals surface area contributed by atoms with Gasteiger partial charge in [-0.25, -0.2) is 4.98 Å². The SMILES string of the molecule is CCCCOCCCNC(=NC)NCc1cc(N(C)C)nc2ccccc12.I. The van der Waals surface area contributed by atoms with Gasteiger partial charge in [-0.15, -0.1) is 24.0 Å². The van der Waals surface area contributed by atoms with Crippen LogP contribution < -0.4 is 15.5 Å². The highest BCUT2D eigenvalue weighted by atomic mass is 127. The Hall–Kier alpha value is -1.61. The monoisotopic (exact) mass is 499 g/mol. The number of anilines is 1. The van der Waals surface area contributed by atoms with E-state index in [1.54, 1.807) is 7.05 Å². The van der Waals surface area contributed by atoms with E-state index in [0.29, 0.717) is 6.54 Å². The van der Waals surface area contributed by atoms with Crippen LogP contribution in [0.3, 0.4) is 0 Å². The fourth-order valence-corrected chi connectivity index (χ4v) is 2.74. The van der Waals surface area contributed by atoms with Gasteiger partial charge in [0, 0.05) is 52.8 Å². The maximum atomic E-state index is 5.59. The maximum Gasteiger partial charge on any atom is 0.191 e. The van der Waals surface area contributed by atoms with Crippen LogP contribution in [0.1, 0.15) is 31.7 Å². The molecule has 0 aliphatic carbocycles. The predicted molar refractivity (Wildman–Crippen MR) is 130 cm³/mol. The molecule has 2 rings (SSSR count). The normalized spacial score (nSPS) is 11.2. The van der Waals surface area contributed by atoms with Crippen LogP contribution >= 0.6 is 24.0 Å². The Balaban J connectivity index is 0.00000392. The smallest absolute Gasteiger partial charge is 0.191 e. The molecule has 0 aliphatic rings. The molecule has 6 nitrogen and oxygen atoms in total. The number of guanidine groups is 1. The molecule has 0 spiro atoms. The highest BCUT2D eigenvalue weighted by Gasteiger charge is 2.08. The van der Waals surface area contributed by atoms with Gasteiger partial charge < -0.3 is 20.3 Å². The molecule has 0 radical (unpaired) electrons. The van der Waals surface area contributed by atoms with Crippen LogP contribution in [0.15, 0.2) is 35.3 Å². The number of benzene rings is 1. The van der Waals surface area contributed by atoms with Gasteiger partial charge in [0.2, 0.25) is 0 Å². The molecule has 1 aromatic heterocycles. The summed E-state index contributed by atoms with van der Waals surface area (Å²) in [6.07, 6.45) is 3.27. The van der Waals surface area contributed by atoms with E-state index >= 15 is 0 Å². The van der Waals surface area contributed by atoms with Gasteiger partial charge >= 0.3 is 0 Å². The second-order valence-corrected chi connectivity index (χ2v) is 6.72. The topological polar surface area (TPSA) is 61.8 Å². The number of aromatic nitrogens is 1. The molecule has 1 heterocycles. The first kappa shape index (κ1) is 24.4. The number of hydrogen-bond acceptors (Lipinski definition) is 4. The number of rotatable bonds is 10. The summed E-state index contributed by atoms with van der Waals surface area (Å²) in [5, 5.41) is 7.92. The summed E-state index contributed by atoms with van der Waals surface area (Å²) in [6, 6.07) is 10.4. The minimum atomic E-state index is 0. The van der Waals surface area contributed by atoms with Gasteiger partial charge in [-0.2, -0.15) is 0 Å². The van der Waals surface area contributed by atoms with Gasteiger partial charge in [-0.1, -0.05) is 31.5 Å². The van der Waals surface area contributed by atoms with E-state index in [4.69, 9.17) is 9.72 Å². The first-order chi connectivity index (χ1) is 13.2. The lowest BCUT2D eigenvalue weighted by Crippen LogP contribution is -2.37. The average molecular weight is 499 g/mol. The zero-order valence-corrected chi connectivity index (χ0v) is 19.8. The van der Waals surface area contributed by atoms with E-state index < -0.39 is 0 Å². The minimum Gasteiger partial charge on any atom is -0.381 e. The number of unbranched alkanes of at least 4 members (excludes halogenated alkanes) is 1. The molecule has 0 saturated heterocycles. The lowest BCUT2D eigenvalue weighted by Gasteiger charge is -2.17. The van der Waals surface area contributed by atoms with Crippen molar-refractivity contribution in [3.05, 3.63) is 35.9 Å². The lowest BCUT2D eigenvalue weighted by molar-refractivity contribution is 0.129. The second-order valence-electron chi connectivity index (χ2n) is 6.72. The number of pyridine rings is 1. The van der Waals surface area contributed by atoms with E-state index in [1.165, 1.54) is 12.0 Å². The van der Waals surface area contributed by atoms with E-state index in [0.717, 1.165) is 55.3 Å². The Labute approximate surface area is 186 Å². The maximum absolute atomic E-state index is 5.59. The molecular weight excluding hydrogens is 465 g/mol. The van der Waals surface area contributed by atoms with Gasteiger partial charge in [-0.05, 0) is 30.5 Å². The number of para-hydroxylation sites is 1. The molecule has 7 heteroatoms. The molecule has 2 aromatic rings. The third kappa shape index (κ3) is 7.79. The zero-order chi connectivity index (χ0) is 19.5. The molecule has 0 amide bonds. The summed E-state index contributed by atoms with van der Waals surface area (Å²) in [7, 11) is 5.82. The standard InChI is InChI=1S/C21H33N5O.HI/c1-5-6-13-27-14-9-12-23-21(22-2)24-16-17-15-20(26(3)4)25-19-11-8-7-10-18(17)19;/h7-8,10-11,15H,5-6,9,12-14,16H2,1-4H3,(H2,22,23,24);1H. The van der Waals surface area contributed by atoms with Crippen LogP contribution in [-0.2, 0) is 11.3 Å². The van der Waals surface area contributed by atoms with Crippen LogP contribution in [-0.4, -0.2) is 51.8 Å². The second kappa shape index (κ2) is 13.5. The molecule has 28 heavy (non-hydrogen) atoms. The molecule has 0 saturated carbocycles. The van der Waals surface area contributed by atoms with E-state index in [9.17, 15) is 0 Å². The zero-order valence-electron chi connectivity index (χ0n) is 17.5. The Kier molecular flexibility index (Phi) is 11.8. The molecule has 0 fully saturated rings. The van der Waals surface area contributed by atoms with E-state index in [2.05, 4.69) is 46.8 Å². The molecule has 156 valence electrons. The van der Waals surface area contributed by atoms with Crippen molar-refractivity contribution in [2.45, 2.75) is 32.7 Å². The van der Waals surface area contributed by atoms with Crippen molar-refractivity contribution in [3.63, 3.8) is 0 Å². The number of fused-ring (bicyclic) bond motifs is 1. The van der Waals surface area contributed by atoms with Crippen molar-refractivity contribution in [1.29, 1.82) is 0 Å². The Morgan fingerprint density at radius 2 is 1.89 bits per heavy atom. The molecule has 0 atom stereocenters. The minimum absolute atomic E-state index is 0. The number of halogens is 1.